The van der Waals surface area contributed by atoms with Crippen LogP contribution in [-0.4, -0.2) is 0 Å². The van der Waals surface area contributed by atoms with Gasteiger partial charge in [-0.2, -0.15) is 0 Å². The van der Waals surface area contributed by atoms with Crippen molar-refractivity contribution in [2.75, 3.05) is 0 Å². The molecule has 0 aliphatic carbocycles. The highest BCUT2D eigenvalue weighted by molar-refractivity contribution is 7.17. The van der Waals surface area contributed by atoms with Crippen molar-refractivity contribution in [3.63, 3.8) is 0 Å². The third kappa shape index (κ3) is 1.77. The molecule has 0 nitrogen and oxygen atoms in total. The number of benzene rings is 2. The highest BCUT2D eigenvalue weighted by Crippen LogP contribution is 2.32. The van der Waals surface area contributed by atoms with Crippen LogP contribution in [0.2, 0.25) is 0 Å². The second-order valence-corrected chi connectivity index (χ2v) is 5.39. The molecule has 0 aliphatic rings. The zero-order valence-corrected chi connectivity index (χ0v) is 10.8. The first-order chi connectivity index (χ1) is 8.25. The summed E-state index contributed by atoms with van der Waals surface area (Å²) in [5.74, 6) is 0. The lowest BCUT2D eigenvalue weighted by Crippen LogP contribution is -1.86. The predicted molar refractivity (Wildman–Crippen MR) is 76.7 cm³/mol. The van der Waals surface area contributed by atoms with Gasteiger partial charge in [-0.05, 0) is 65.1 Å². The first-order valence-electron chi connectivity index (χ1n) is 5.79. The van der Waals surface area contributed by atoms with Crippen LogP contribution in [-0.2, 0) is 0 Å². The van der Waals surface area contributed by atoms with Crippen LogP contribution in [0.5, 0.6) is 0 Å². The van der Waals surface area contributed by atoms with Crippen LogP contribution in [0.3, 0.4) is 0 Å². The molecule has 1 heteroatoms. The van der Waals surface area contributed by atoms with E-state index in [0.717, 1.165) is 0 Å². The summed E-state index contributed by atoms with van der Waals surface area (Å²) in [6.45, 7) is 4.37. The van der Waals surface area contributed by atoms with Crippen molar-refractivity contribution in [2.24, 2.45) is 0 Å². The van der Waals surface area contributed by atoms with E-state index in [-0.39, 0.29) is 0 Å². The largest absolute Gasteiger partial charge is 0.144 e. The molecule has 1 aromatic heterocycles. The fourth-order valence-electron chi connectivity index (χ4n) is 2.28. The van der Waals surface area contributed by atoms with Crippen LogP contribution in [0.25, 0.3) is 21.2 Å². The summed E-state index contributed by atoms with van der Waals surface area (Å²) >= 11 is 1.81. The average Bonchev–Trinajstić information content (AvgIpc) is 2.76. The Hall–Kier alpha value is -1.60. The van der Waals surface area contributed by atoms with E-state index in [0.29, 0.717) is 0 Å². The lowest BCUT2D eigenvalue weighted by molar-refractivity contribution is 1.42. The standard InChI is InChI=1S/C16H14S/c1-11-5-3-4-6-14(11)15-10-13-7-8-17-16(13)9-12(15)2/h3-10H,1-2H3. The van der Waals surface area contributed by atoms with Crippen molar-refractivity contribution in [3.8, 4) is 11.1 Å². The van der Waals surface area contributed by atoms with Crippen molar-refractivity contribution >= 4 is 21.4 Å². The molecule has 0 fully saturated rings. The number of hydrogen-bond acceptors (Lipinski definition) is 1. The van der Waals surface area contributed by atoms with Gasteiger partial charge in [0.1, 0.15) is 0 Å². The number of aryl methyl sites for hydroxylation is 2. The molecular formula is C16H14S. The summed E-state index contributed by atoms with van der Waals surface area (Å²) in [4.78, 5) is 0. The Bertz CT molecular complexity index is 677. The van der Waals surface area contributed by atoms with Crippen LogP contribution in [0, 0.1) is 13.8 Å². The normalized spacial score (nSPS) is 10.9. The van der Waals surface area contributed by atoms with Crippen LogP contribution in [0.15, 0.2) is 47.8 Å². The molecule has 17 heavy (non-hydrogen) atoms. The minimum atomic E-state index is 1.34. The van der Waals surface area contributed by atoms with E-state index in [2.05, 4.69) is 61.7 Å². The third-order valence-electron chi connectivity index (χ3n) is 3.23. The lowest BCUT2D eigenvalue weighted by Gasteiger charge is -2.09. The molecule has 0 radical (unpaired) electrons. The monoisotopic (exact) mass is 238 g/mol. The van der Waals surface area contributed by atoms with Gasteiger partial charge in [0.2, 0.25) is 0 Å². The van der Waals surface area contributed by atoms with Gasteiger partial charge in [0.15, 0.2) is 0 Å². The van der Waals surface area contributed by atoms with Crippen LogP contribution >= 0.6 is 11.3 Å². The van der Waals surface area contributed by atoms with E-state index in [1.165, 1.54) is 32.3 Å². The van der Waals surface area contributed by atoms with Crippen molar-refractivity contribution in [1.82, 2.24) is 0 Å². The van der Waals surface area contributed by atoms with Gasteiger partial charge in [-0.1, -0.05) is 24.3 Å². The molecule has 0 aliphatic heterocycles. The molecule has 0 saturated heterocycles. The third-order valence-corrected chi connectivity index (χ3v) is 4.11. The Morgan fingerprint density at radius 2 is 1.65 bits per heavy atom. The summed E-state index contributed by atoms with van der Waals surface area (Å²) in [5.41, 5.74) is 5.39. The molecule has 0 saturated carbocycles. The molecule has 0 bridgehead atoms. The van der Waals surface area contributed by atoms with Gasteiger partial charge in [-0.25, -0.2) is 0 Å². The van der Waals surface area contributed by atoms with E-state index >= 15 is 0 Å². The summed E-state index contributed by atoms with van der Waals surface area (Å²) in [6, 6.07) is 15.4. The Labute approximate surface area is 106 Å². The number of thiophene rings is 1. The zero-order chi connectivity index (χ0) is 11.8. The maximum atomic E-state index is 2.31. The summed E-state index contributed by atoms with van der Waals surface area (Å²) in [6.07, 6.45) is 0. The first kappa shape index (κ1) is 10.5. The number of fused-ring (bicyclic) bond motifs is 1. The molecule has 2 aromatic carbocycles. The van der Waals surface area contributed by atoms with Gasteiger partial charge < -0.3 is 0 Å². The predicted octanol–water partition coefficient (Wildman–Crippen LogP) is 5.19. The van der Waals surface area contributed by atoms with Crippen molar-refractivity contribution < 1.29 is 0 Å². The lowest BCUT2D eigenvalue weighted by atomic mass is 9.96. The maximum Gasteiger partial charge on any atom is 0.0345 e. The Balaban J connectivity index is 2.30. The Morgan fingerprint density at radius 1 is 0.824 bits per heavy atom. The fourth-order valence-corrected chi connectivity index (χ4v) is 3.15. The summed E-state index contributed by atoms with van der Waals surface area (Å²) in [7, 11) is 0. The molecule has 84 valence electrons. The van der Waals surface area contributed by atoms with Crippen molar-refractivity contribution in [2.45, 2.75) is 13.8 Å². The van der Waals surface area contributed by atoms with Crippen molar-refractivity contribution in [3.05, 3.63) is 59.0 Å². The van der Waals surface area contributed by atoms with Gasteiger partial charge >= 0.3 is 0 Å². The minimum absolute atomic E-state index is 1.34. The quantitative estimate of drug-likeness (QED) is 0.547. The summed E-state index contributed by atoms with van der Waals surface area (Å²) < 4.78 is 1.37. The van der Waals surface area contributed by atoms with E-state index in [1.807, 2.05) is 11.3 Å². The highest BCUT2D eigenvalue weighted by atomic mass is 32.1. The second kappa shape index (κ2) is 4.01. The molecule has 3 rings (SSSR count). The van der Waals surface area contributed by atoms with Gasteiger partial charge in [0.25, 0.3) is 0 Å². The first-order valence-corrected chi connectivity index (χ1v) is 6.67. The molecule has 0 amide bonds. The molecule has 0 N–H and O–H groups in total. The van der Waals surface area contributed by atoms with Crippen LogP contribution in [0.4, 0.5) is 0 Å². The molecular weight excluding hydrogens is 224 g/mol. The zero-order valence-electron chi connectivity index (χ0n) is 10.0. The van der Waals surface area contributed by atoms with Gasteiger partial charge in [-0.3, -0.25) is 0 Å². The summed E-state index contributed by atoms with van der Waals surface area (Å²) in [5, 5.41) is 3.50. The number of rotatable bonds is 1. The van der Waals surface area contributed by atoms with E-state index in [4.69, 9.17) is 0 Å². The molecule has 1 heterocycles. The fraction of sp³-hybridized carbons (Fsp3) is 0.125. The van der Waals surface area contributed by atoms with Gasteiger partial charge in [-0.15, -0.1) is 11.3 Å². The van der Waals surface area contributed by atoms with Crippen molar-refractivity contribution in [1.29, 1.82) is 0 Å². The number of hydrogen-bond donors (Lipinski definition) is 0. The van der Waals surface area contributed by atoms with Gasteiger partial charge in [0, 0.05) is 4.70 Å². The second-order valence-electron chi connectivity index (χ2n) is 4.44. The van der Waals surface area contributed by atoms with Gasteiger partial charge in [0.05, 0.1) is 0 Å². The average molecular weight is 238 g/mol. The maximum absolute atomic E-state index is 2.31. The SMILES string of the molecule is Cc1ccccc1-c1cc2ccsc2cc1C. The Morgan fingerprint density at radius 3 is 2.47 bits per heavy atom. The molecule has 0 atom stereocenters. The van der Waals surface area contributed by atoms with E-state index < -0.39 is 0 Å². The molecule has 0 unspecified atom stereocenters. The highest BCUT2D eigenvalue weighted by Gasteiger charge is 2.06. The van der Waals surface area contributed by atoms with E-state index in [9.17, 15) is 0 Å². The Kier molecular flexibility index (Phi) is 2.49. The van der Waals surface area contributed by atoms with Crippen LogP contribution < -0.4 is 0 Å². The van der Waals surface area contributed by atoms with Crippen LogP contribution in [0.1, 0.15) is 11.1 Å². The molecule has 0 spiro atoms. The molecule has 3 aromatic rings. The minimum Gasteiger partial charge on any atom is -0.144 e. The van der Waals surface area contributed by atoms with E-state index in [1.54, 1.807) is 0 Å². The smallest absolute Gasteiger partial charge is 0.0345 e. The topological polar surface area (TPSA) is 0 Å².